The van der Waals surface area contributed by atoms with Gasteiger partial charge in [0.15, 0.2) is 11.7 Å². The quantitative estimate of drug-likeness (QED) is 0.610. The first kappa shape index (κ1) is 21.2. The number of nitrogens with zero attached hydrogens (tertiary/aromatic N) is 4. The molecule has 0 amide bonds. The fourth-order valence-electron chi connectivity index (χ4n) is 3.01. The van der Waals surface area contributed by atoms with Gasteiger partial charge in [-0.1, -0.05) is 0 Å². The van der Waals surface area contributed by atoms with Gasteiger partial charge in [-0.2, -0.15) is 20.2 Å². The first-order valence-corrected chi connectivity index (χ1v) is 12.0. The zero-order chi connectivity index (χ0) is 20.0. The molecule has 0 unspecified atom stereocenters. The Balaban J connectivity index is 1.50. The fourth-order valence-corrected chi connectivity index (χ4v) is 4.60. The van der Waals surface area contributed by atoms with Gasteiger partial charge >= 0.3 is 10.2 Å². The predicted octanol–water partition coefficient (Wildman–Crippen LogP) is 0.515. The molecule has 9 nitrogen and oxygen atoms in total. The molecule has 0 atom stereocenters. The van der Waals surface area contributed by atoms with E-state index >= 15 is 0 Å². The molecule has 0 radical (unpaired) electrons. The van der Waals surface area contributed by atoms with Gasteiger partial charge in [-0.15, -0.1) is 4.40 Å². The summed E-state index contributed by atoms with van der Waals surface area (Å²) < 4.78 is 35.9. The van der Waals surface area contributed by atoms with E-state index in [9.17, 15) is 8.42 Å². The molecule has 2 aliphatic rings. The van der Waals surface area contributed by atoms with Gasteiger partial charge in [0.25, 0.3) is 0 Å². The van der Waals surface area contributed by atoms with Crippen LogP contribution in [0.2, 0.25) is 0 Å². The van der Waals surface area contributed by atoms with Crippen molar-refractivity contribution in [3.63, 3.8) is 0 Å². The first-order valence-electron chi connectivity index (χ1n) is 9.36. The lowest BCUT2D eigenvalue weighted by molar-refractivity contribution is 0.344. The third-order valence-corrected chi connectivity index (χ3v) is 6.05. The summed E-state index contributed by atoms with van der Waals surface area (Å²) >= 11 is 1.71. The van der Waals surface area contributed by atoms with Gasteiger partial charge in [-0.3, -0.25) is 4.99 Å². The van der Waals surface area contributed by atoms with Crippen molar-refractivity contribution >= 4 is 33.6 Å². The number of amidine groups is 2. The number of rotatable bonds is 7. The summed E-state index contributed by atoms with van der Waals surface area (Å²) in [7, 11) is 0.335. The average Bonchev–Trinajstić information content (AvgIpc) is 3.06. The van der Waals surface area contributed by atoms with Crippen molar-refractivity contribution in [1.29, 1.82) is 0 Å². The summed E-state index contributed by atoms with van der Waals surface area (Å²) in [5.74, 6) is 4.22. The summed E-state index contributed by atoms with van der Waals surface area (Å²) in [5, 5.41) is 3.30. The van der Waals surface area contributed by atoms with E-state index in [1.807, 2.05) is 31.1 Å². The molecule has 1 aromatic heterocycles. The molecule has 3 heterocycles. The maximum Gasteiger partial charge on any atom is 0.345 e. The smallest absolute Gasteiger partial charge is 0.345 e. The second kappa shape index (κ2) is 9.77. The minimum atomic E-state index is -3.68. The number of aliphatic imine (C=N–C) groups is 1. The number of furan rings is 1. The minimum absolute atomic E-state index is 0.355. The van der Waals surface area contributed by atoms with E-state index in [0.717, 1.165) is 62.2 Å². The molecule has 28 heavy (non-hydrogen) atoms. The third-order valence-electron chi connectivity index (χ3n) is 4.22. The van der Waals surface area contributed by atoms with Crippen molar-refractivity contribution in [2.45, 2.75) is 18.7 Å². The summed E-state index contributed by atoms with van der Waals surface area (Å²) in [5.41, 5.74) is 0. The standard InChI is InChI=1S/C17H28N6O3S2/c1-22(2)12-14-4-5-15(26-14)13-27-11-8-19-16-17(21-28(24,25)20-16)23-9-3-6-18-7-10-23/h4-5,18H,3,6-13H2,1-2H3,(H,19,20). The molecule has 0 saturated carbocycles. The van der Waals surface area contributed by atoms with Gasteiger partial charge in [0.1, 0.15) is 11.5 Å². The van der Waals surface area contributed by atoms with E-state index in [1.165, 1.54) is 0 Å². The maximum atomic E-state index is 11.9. The molecule has 1 saturated heterocycles. The SMILES string of the molecule is CN(C)Cc1ccc(CSCCN=C2NS(=O)(=O)N=C2N2CCCNCC2)o1. The van der Waals surface area contributed by atoms with Crippen LogP contribution in [0.1, 0.15) is 17.9 Å². The van der Waals surface area contributed by atoms with Crippen LogP contribution in [-0.2, 0) is 22.5 Å². The second-order valence-electron chi connectivity index (χ2n) is 6.97. The Morgan fingerprint density at radius 2 is 2.11 bits per heavy atom. The molecule has 0 spiro atoms. The highest BCUT2D eigenvalue weighted by Gasteiger charge is 2.30. The van der Waals surface area contributed by atoms with Crippen LogP contribution in [0.15, 0.2) is 25.9 Å². The monoisotopic (exact) mass is 428 g/mol. The molecule has 3 rings (SSSR count). The normalized spacial score (nSPS) is 21.0. The molecular weight excluding hydrogens is 400 g/mol. The van der Waals surface area contributed by atoms with E-state index in [2.05, 4.69) is 24.3 Å². The Labute approximate surface area is 170 Å². The van der Waals surface area contributed by atoms with Crippen LogP contribution in [0.4, 0.5) is 0 Å². The van der Waals surface area contributed by atoms with Gasteiger partial charge < -0.3 is 19.5 Å². The lowest BCUT2D eigenvalue weighted by Gasteiger charge is -2.20. The molecule has 0 aromatic carbocycles. The van der Waals surface area contributed by atoms with Crippen LogP contribution in [0.25, 0.3) is 0 Å². The van der Waals surface area contributed by atoms with E-state index in [4.69, 9.17) is 4.42 Å². The summed E-state index contributed by atoms with van der Waals surface area (Å²) in [6, 6.07) is 4.00. The van der Waals surface area contributed by atoms with Crippen molar-refractivity contribution in [1.82, 2.24) is 19.8 Å². The second-order valence-corrected chi connectivity index (χ2v) is 9.41. The largest absolute Gasteiger partial charge is 0.464 e. The fraction of sp³-hybridized carbons (Fsp3) is 0.647. The van der Waals surface area contributed by atoms with Gasteiger partial charge in [-0.05, 0) is 39.2 Å². The van der Waals surface area contributed by atoms with Crippen LogP contribution < -0.4 is 10.0 Å². The lowest BCUT2D eigenvalue weighted by Crippen LogP contribution is -2.41. The van der Waals surface area contributed by atoms with Crippen LogP contribution in [0.5, 0.6) is 0 Å². The molecular formula is C17H28N6O3S2. The molecule has 0 bridgehead atoms. The molecule has 2 aliphatic heterocycles. The van der Waals surface area contributed by atoms with E-state index < -0.39 is 10.2 Å². The number of hydrogen-bond donors (Lipinski definition) is 2. The van der Waals surface area contributed by atoms with Crippen molar-refractivity contribution in [3.05, 3.63) is 23.7 Å². The Morgan fingerprint density at radius 3 is 2.93 bits per heavy atom. The van der Waals surface area contributed by atoms with Gasteiger partial charge in [0, 0.05) is 25.4 Å². The highest BCUT2D eigenvalue weighted by molar-refractivity contribution is 7.98. The van der Waals surface area contributed by atoms with Gasteiger partial charge in [0.2, 0.25) is 0 Å². The van der Waals surface area contributed by atoms with Gasteiger partial charge in [0.05, 0.1) is 18.8 Å². The topological polar surface area (TPSA) is 103 Å². The van der Waals surface area contributed by atoms with E-state index in [0.29, 0.717) is 18.2 Å². The molecule has 0 aliphatic carbocycles. The Kier molecular flexibility index (Phi) is 7.38. The van der Waals surface area contributed by atoms with E-state index in [1.54, 1.807) is 11.8 Å². The molecule has 2 N–H and O–H groups in total. The summed E-state index contributed by atoms with van der Waals surface area (Å²) in [6.45, 7) is 4.52. The van der Waals surface area contributed by atoms with E-state index in [-0.39, 0.29) is 0 Å². The number of thioether (sulfide) groups is 1. The van der Waals surface area contributed by atoms with Crippen molar-refractivity contribution in [2.24, 2.45) is 9.39 Å². The van der Waals surface area contributed by atoms with Crippen LogP contribution in [0.3, 0.4) is 0 Å². The zero-order valence-electron chi connectivity index (χ0n) is 16.3. The Morgan fingerprint density at radius 1 is 1.29 bits per heavy atom. The van der Waals surface area contributed by atoms with Crippen molar-refractivity contribution in [3.8, 4) is 0 Å². The minimum Gasteiger partial charge on any atom is -0.464 e. The molecule has 1 aromatic rings. The predicted molar refractivity (Wildman–Crippen MR) is 113 cm³/mol. The van der Waals surface area contributed by atoms with Gasteiger partial charge in [-0.25, -0.2) is 4.72 Å². The zero-order valence-corrected chi connectivity index (χ0v) is 18.0. The maximum absolute atomic E-state index is 11.9. The lowest BCUT2D eigenvalue weighted by atomic mass is 10.3. The molecule has 156 valence electrons. The number of nitrogens with one attached hydrogen (secondary N) is 2. The van der Waals surface area contributed by atoms with Crippen molar-refractivity contribution in [2.75, 3.05) is 52.6 Å². The Hall–Kier alpha value is -1.56. The number of hydrogen-bond acceptors (Lipinski definition) is 8. The Bertz CT molecular complexity index is 811. The third kappa shape index (κ3) is 6.23. The summed E-state index contributed by atoms with van der Waals surface area (Å²) in [6.07, 6.45) is 0.946. The highest BCUT2D eigenvalue weighted by atomic mass is 32.2. The van der Waals surface area contributed by atoms with Crippen LogP contribution in [0, 0.1) is 0 Å². The summed E-state index contributed by atoms with van der Waals surface area (Å²) in [4.78, 5) is 8.51. The molecule has 11 heteroatoms. The van der Waals surface area contributed by atoms with Crippen molar-refractivity contribution < 1.29 is 12.8 Å². The first-order chi connectivity index (χ1) is 13.4. The van der Waals surface area contributed by atoms with Crippen LogP contribution >= 0.6 is 11.8 Å². The van der Waals surface area contributed by atoms with Crippen LogP contribution in [-0.4, -0.2) is 82.5 Å². The molecule has 1 fully saturated rings. The highest BCUT2D eigenvalue weighted by Crippen LogP contribution is 2.16. The average molecular weight is 429 g/mol.